The fraction of sp³-hybridized carbons (Fsp3) is 0.143. The second kappa shape index (κ2) is 3.83. The number of alkyl halides is 2. The molecule has 0 unspecified atom stereocenters. The lowest BCUT2D eigenvalue weighted by Gasteiger charge is -2.05. The zero-order valence-corrected chi connectivity index (χ0v) is 7.23. The van der Waals surface area contributed by atoms with E-state index in [0.717, 1.165) is 0 Å². The summed E-state index contributed by atoms with van der Waals surface area (Å²) in [6.45, 7) is 0. The first-order valence-electron chi connectivity index (χ1n) is 3.30. The molecule has 0 aliphatic carbocycles. The Kier molecular flexibility index (Phi) is 2.95. The van der Waals surface area contributed by atoms with Gasteiger partial charge in [-0.3, -0.25) is 4.98 Å². The first-order chi connectivity index (χ1) is 6.45. The largest absolute Gasteiger partial charge is 0.478 e. The van der Waals surface area contributed by atoms with Crippen molar-refractivity contribution >= 4 is 17.6 Å². The van der Waals surface area contributed by atoms with Crippen LogP contribution >= 0.6 is 11.6 Å². The van der Waals surface area contributed by atoms with Crippen molar-refractivity contribution in [1.82, 2.24) is 4.98 Å². The van der Waals surface area contributed by atoms with Gasteiger partial charge in [0.25, 0.3) is 6.43 Å². The average Bonchev–Trinajstić information content (AvgIpc) is 2.08. The summed E-state index contributed by atoms with van der Waals surface area (Å²) in [5.41, 5.74) is -2.04. The number of carboxylic acids is 1. The van der Waals surface area contributed by atoms with Crippen LogP contribution in [0.4, 0.5) is 13.2 Å². The maximum Gasteiger partial charge on any atom is 0.339 e. The molecule has 0 aromatic carbocycles. The summed E-state index contributed by atoms with van der Waals surface area (Å²) in [4.78, 5) is 13.4. The first-order valence-corrected chi connectivity index (χ1v) is 3.68. The van der Waals surface area contributed by atoms with Gasteiger partial charge in [0.15, 0.2) is 5.82 Å². The van der Waals surface area contributed by atoms with E-state index in [4.69, 9.17) is 16.7 Å². The molecule has 1 heterocycles. The number of aromatic carboxylic acids is 1. The molecule has 0 bridgehead atoms. The van der Waals surface area contributed by atoms with Crippen LogP contribution in [0.1, 0.15) is 22.5 Å². The highest BCUT2D eigenvalue weighted by molar-refractivity contribution is 6.33. The molecule has 14 heavy (non-hydrogen) atoms. The van der Waals surface area contributed by atoms with E-state index in [1.165, 1.54) is 0 Å². The third-order valence-electron chi connectivity index (χ3n) is 1.42. The third-order valence-corrected chi connectivity index (χ3v) is 1.79. The predicted octanol–water partition coefficient (Wildman–Crippen LogP) is 2.51. The van der Waals surface area contributed by atoms with Crippen LogP contribution in [0.25, 0.3) is 0 Å². The van der Waals surface area contributed by atoms with E-state index in [2.05, 4.69) is 4.98 Å². The maximum atomic E-state index is 12.7. The highest BCUT2D eigenvalue weighted by atomic mass is 35.5. The number of aromatic nitrogens is 1. The topological polar surface area (TPSA) is 50.2 Å². The smallest absolute Gasteiger partial charge is 0.339 e. The van der Waals surface area contributed by atoms with Crippen LogP contribution in [0.2, 0.25) is 5.02 Å². The summed E-state index contributed by atoms with van der Waals surface area (Å²) in [5.74, 6) is -2.88. The molecule has 0 aliphatic rings. The number of halogens is 4. The molecule has 0 radical (unpaired) electrons. The van der Waals surface area contributed by atoms with Gasteiger partial charge in [-0.2, -0.15) is 0 Å². The summed E-state index contributed by atoms with van der Waals surface area (Å²) in [6.07, 6.45) is -2.66. The Bertz CT molecular complexity index is 383. The van der Waals surface area contributed by atoms with Crippen molar-refractivity contribution in [3.63, 3.8) is 0 Å². The minimum Gasteiger partial charge on any atom is -0.478 e. The molecule has 1 aromatic rings. The highest BCUT2D eigenvalue weighted by Crippen LogP contribution is 2.28. The molecular formula is C7H3ClF3NO2. The van der Waals surface area contributed by atoms with Crippen molar-refractivity contribution in [2.24, 2.45) is 0 Å². The van der Waals surface area contributed by atoms with Crippen molar-refractivity contribution in [2.45, 2.75) is 6.43 Å². The van der Waals surface area contributed by atoms with Gasteiger partial charge in [-0.25, -0.2) is 18.0 Å². The highest BCUT2D eigenvalue weighted by Gasteiger charge is 2.24. The van der Waals surface area contributed by atoms with Gasteiger partial charge in [-0.1, -0.05) is 11.6 Å². The third kappa shape index (κ3) is 1.79. The van der Waals surface area contributed by atoms with Crippen LogP contribution in [0.5, 0.6) is 0 Å². The summed E-state index contributed by atoms with van der Waals surface area (Å²) in [7, 11) is 0. The van der Waals surface area contributed by atoms with E-state index in [1.54, 1.807) is 0 Å². The molecule has 1 aromatic heterocycles. The van der Waals surface area contributed by atoms with Gasteiger partial charge in [-0.05, 0) is 0 Å². The quantitative estimate of drug-likeness (QED) is 0.841. The van der Waals surface area contributed by atoms with E-state index in [-0.39, 0.29) is 0 Å². The molecule has 0 spiro atoms. The van der Waals surface area contributed by atoms with E-state index in [0.29, 0.717) is 6.20 Å². The second-order valence-corrected chi connectivity index (χ2v) is 2.66. The SMILES string of the molecule is O=C(O)c1c(C(F)F)ncc(F)c1Cl. The van der Waals surface area contributed by atoms with E-state index in [9.17, 15) is 18.0 Å². The molecule has 0 aliphatic heterocycles. The van der Waals surface area contributed by atoms with Crippen LogP contribution in [-0.2, 0) is 0 Å². The molecule has 0 amide bonds. The summed E-state index contributed by atoms with van der Waals surface area (Å²) >= 11 is 5.21. The van der Waals surface area contributed by atoms with E-state index in [1.807, 2.05) is 0 Å². The Morgan fingerprint density at radius 1 is 1.57 bits per heavy atom. The van der Waals surface area contributed by atoms with Gasteiger partial charge < -0.3 is 5.11 Å². The van der Waals surface area contributed by atoms with Crippen LogP contribution < -0.4 is 0 Å². The number of carbonyl (C=O) groups is 1. The lowest BCUT2D eigenvalue weighted by molar-refractivity contribution is 0.0681. The van der Waals surface area contributed by atoms with Crippen LogP contribution in [0.3, 0.4) is 0 Å². The fourth-order valence-electron chi connectivity index (χ4n) is 0.848. The summed E-state index contributed by atoms with van der Waals surface area (Å²) < 4.78 is 37.1. The lowest BCUT2D eigenvalue weighted by Crippen LogP contribution is -2.07. The molecular weight excluding hydrogens is 223 g/mol. The van der Waals surface area contributed by atoms with Gasteiger partial charge in [0, 0.05) is 0 Å². The Balaban J connectivity index is 3.45. The standard InChI is InChI=1S/C7H3ClF3NO2/c8-4-2(9)1-12-5(6(10)11)3(4)7(13)14/h1,6H,(H,13,14). The number of pyridine rings is 1. The van der Waals surface area contributed by atoms with Gasteiger partial charge in [0.2, 0.25) is 0 Å². The number of hydrogen-bond acceptors (Lipinski definition) is 2. The van der Waals surface area contributed by atoms with Gasteiger partial charge >= 0.3 is 5.97 Å². The van der Waals surface area contributed by atoms with Gasteiger partial charge in [0.05, 0.1) is 11.2 Å². The van der Waals surface area contributed by atoms with Gasteiger partial charge in [0.1, 0.15) is 11.3 Å². The van der Waals surface area contributed by atoms with Gasteiger partial charge in [-0.15, -0.1) is 0 Å². The molecule has 0 atom stereocenters. The van der Waals surface area contributed by atoms with Crippen molar-refractivity contribution < 1.29 is 23.1 Å². The average molecular weight is 226 g/mol. The Labute approximate surface area is 81.1 Å². The number of nitrogens with zero attached hydrogens (tertiary/aromatic N) is 1. The minimum atomic E-state index is -3.11. The van der Waals surface area contributed by atoms with Crippen LogP contribution in [0.15, 0.2) is 6.20 Å². The van der Waals surface area contributed by atoms with E-state index < -0.39 is 34.5 Å². The van der Waals surface area contributed by atoms with Crippen molar-refractivity contribution in [2.75, 3.05) is 0 Å². The molecule has 0 saturated heterocycles. The predicted molar refractivity (Wildman–Crippen MR) is 41.1 cm³/mol. The fourth-order valence-corrected chi connectivity index (χ4v) is 1.07. The molecule has 0 fully saturated rings. The van der Waals surface area contributed by atoms with E-state index >= 15 is 0 Å². The maximum absolute atomic E-state index is 12.7. The second-order valence-electron chi connectivity index (χ2n) is 2.29. The minimum absolute atomic E-state index is 0.455. The molecule has 1 N–H and O–H groups in total. The van der Waals surface area contributed by atoms with Crippen molar-refractivity contribution in [3.05, 3.63) is 28.3 Å². The van der Waals surface area contributed by atoms with Crippen molar-refractivity contribution in [3.8, 4) is 0 Å². The summed E-state index contributed by atoms with van der Waals surface area (Å²) in [5, 5.41) is 7.64. The zero-order valence-electron chi connectivity index (χ0n) is 6.47. The molecule has 76 valence electrons. The Hall–Kier alpha value is -1.30. The summed E-state index contributed by atoms with van der Waals surface area (Å²) in [6, 6.07) is 0. The molecule has 7 heteroatoms. The number of rotatable bonds is 2. The lowest BCUT2D eigenvalue weighted by atomic mass is 10.2. The monoisotopic (exact) mass is 225 g/mol. The first kappa shape index (κ1) is 10.8. The normalized spacial score (nSPS) is 10.6. The number of hydrogen-bond donors (Lipinski definition) is 1. The Morgan fingerprint density at radius 2 is 2.14 bits per heavy atom. The molecule has 3 nitrogen and oxygen atoms in total. The zero-order chi connectivity index (χ0) is 10.9. The number of carboxylic acid groups (broad SMARTS) is 1. The molecule has 1 rings (SSSR count). The Morgan fingerprint density at radius 3 is 2.57 bits per heavy atom. The van der Waals surface area contributed by atoms with Crippen LogP contribution in [0, 0.1) is 5.82 Å². The molecule has 0 saturated carbocycles. The van der Waals surface area contributed by atoms with Crippen molar-refractivity contribution in [1.29, 1.82) is 0 Å². The van der Waals surface area contributed by atoms with Crippen LogP contribution in [-0.4, -0.2) is 16.1 Å².